The Balaban J connectivity index is 1.83. The van der Waals surface area contributed by atoms with Gasteiger partial charge in [0.15, 0.2) is 5.76 Å². The van der Waals surface area contributed by atoms with Crippen LogP contribution in [0.15, 0.2) is 40.8 Å². The minimum absolute atomic E-state index is 0.0983. The third kappa shape index (κ3) is 3.06. The topological polar surface area (TPSA) is 33.5 Å². The summed E-state index contributed by atoms with van der Waals surface area (Å²) < 4.78 is 19.4. The number of rotatable bonds is 5. The minimum atomic E-state index is -0.350. The van der Waals surface area contributed by atoms with Gasteiger partial charge in [0, 0.05) is 12.6 Å². The molecule has 1 heterocycles. The fraction of sp³-hybridized carbons (Fsp3) is 0.389. The van der Waals surface area contributed by atoms with Crippen LogP contribution in [0.5, 0.6) is 0 Å². The summed E-state index contributed by atoms with van der Waals surface area (Å²) in [6.45, 7) is 4.91. The lowest BCUT2D eigenvalue weighted by Crippen LogP contribution is -2.35. The highest BCUT2D eigenvalue weighted by Gasteiger charge is 2.34. The lowest BCUT2D eigenvalue weighted by molar-refractivity contribution is 0.0691. The molecule has 0 spiro atoms. The van der Waals surface area contributed by atoms with Crippen LogP contribution in [-0.4, -0.2) is 23.4 Å². The number of amides is 1. The van der Waals surface area contributed by atoms with Gasteiger partial charge in [-0.05, 0) is 43.0 Å². The van der Waals surface area contributed by atoms with Crippen molar-refractivity contribution in [3.05, 3.63) is 48.0 Å². The van der Waals surface area contributed by atoms with Crippen LogP contribution in [0.25, 0.3) is 11.3 Å². The van der Waals surface area contributed by atoms with E-state index in [2.05, 4.69) is 13.8 Å². The Morgan fingerprint density at radius 2 is 2.00 bits per heavy atom. The zero-order valence-electron chi connectivity index (χ0n) is 12.9. The molecule has 3 rings (SSSR count). The molecule has 0 unspecified atom stereocenters. The average molecular weight is 301 g/mol. The lowest BCUT2D eigenvalue weighted by atomic mass is 10.1. The Morgan fingerprint density at radius 3 is 2.64 bits per heavy atom. The first-order valence-electron chi connectivity index (χ1n) is 7.72. The van der Waals surface area contributed by atoms with Crippen molar-refractivity contribution >= 4 is 5.91 Å². The van der Waals surface area contributed by atoms with Crippen molar-refractivity contribution in [2.45, 2.75) is 32.7 Å². The molecule has 0 saturated heterocycles. The number of furan rings is 1. The van der Waals surface area contributed by atoms with E-state index in [-0.39, 0.29) is 17.5 Å². The van der Waals surface area contributed by atoms with Crippen molar-refractivity contribution in [1.82, 2.24) is 4.90 Å². The normalized spacial score (nSPS) is 14.4. The fourth-order valence-corrected chi connectivity index (χ4v) is 2.58. The number of hydrogen-bond acceptors (Lipinski definition) is 2. The van der Waals surface area contributed by atoms with Crippen molar-refractivity contribution in [3.63, 3.8) is 0 Å². The lowest BCUT2D eigenvalue weighted by Gasteiger charge is -2.23. The Hall–Kier alpha value is -2.10. The summed E-state index contributed by atoms with van der Waals surface area (Å²) >= 11 is 0. The number of carbonyl (C=O) groups excluding carboxylic acids is 1. The second kappa shape index (κ2) is 5.95. The molecule has 1 saturated carbocycles. The molecule has 0 radical (unpaired) electrons. The van der Waals surface area contributed by atoms with Gasteiger partial charge in [-0.15, -0.1) is 0 Å². The van der Waals surface area contributed by atoms with Crippen LogP contribution < -0.4 is 0 Å². The Morgan fingerprint density at radius 1 is 1.27 bits per heavy atom. The average Bonchev–Trinajstić information content (AvgIpc) is 3.21. The molecule has 1 aliphatic rings. The number of carbonyl (C=O) groups is 1. The maximum Gasteiger partial charge on any atom is 0.289 e. The molecule has 0 aliphatic heterocycles. The number of benzene rings is 1. The van der Waals surface area contributed by atoms with Crippen molar-refractivity contribution < 1.29 is 13.6 Å². The summed E-state index contributed by atoms with van der Waals surface area (Å²) in [5, 5.41) is 0. The molecule has 0 N–H and O–H groups in total. The summed E-state index contributed by atoms with van der Waals surface area (Å²) in [6.07, 6.45) is 2.11. The third-order valence-electron chi connectivity index (χ3n) is 3.77. The molecule has 1 aromatic heterocycles. The standard InChI is InChI=1S/C18H20FNO2/c1-12(2)11-20(13-7-8-13)18(21)17-10-9-16(22-17)14-5-3-4-6-15(14)19/h3-6,9-10,12-13H,7-8,11H2,1-2H3. The summed E-state index contributed by atoms with van der Waals surface area (Å²) in [5.41, 5.74) is 0.378. The quantitative estimate of drug-likeness (QED) is 0.823. The van der Waals surface area contributed by atoms with Crippen molar-refractivity contribution in [3.8, 4) is 11.3 Å². The zero-order chi connectivity index (χ0) is 15.7. The number of nitrogens with zero attached hydrogens (tertiary/aromatic N) is 1. The van der Waals surface area contributed by atoms with Gasteiger partial charge < -0.3 is 9.32 Å². The van der Waals surface area contributed by atoms with E-state index in [0.29, 0.717) is 23.3 Å². The maximum atomic E-state index is 13.8. The second-order valence-corrected chi connectivity index (χ2v) is 6.23. The predicted octanol–water partition coefficient (Wildman–Crippen LogP) is 4.35. The van der Waals surface area contributed by atoms with E-state index in [1.807, 2.05) is 4.90 Å². The van der Waals surface area contributed by atoms with E-state index in [1.54, 1.807) is 30.3 Å². The molecule has 1 aromatic carbocycles. The van der Waals surface area contributed by atoms with E-state index in [0.717, 1.165) is 19.4 Å². The van der Waals surface area contributed by atoms with E-state index >= 15 is 0 Å². The first-order chi connectivity index (χ1) is 10.6. The molecule has 1 fully saturated rings. The molecule has 0 atom stereocenters. The Labute approximate surface area is 129 Å². The highest BCUT2D eigenvalue weighted by molar-refractivity contribution is 5.92. The molecule has 4 heteroatoms. The van der Waals surface area contributed by atoms with Crippen LogP contribution in [0, 0.1) is 11.7 Å². The van der Waals surface area contributed by atoms with Gasteiger partial charge in [0.05, 0.1) is 5.56 Å². The summed E-state index contributed by atoms with van der Waals surface area (Å²) in [7, 11) is 0. The van der Waals surface area contributed by atoms with Crippen molar-refractivity contribution in [2.75, 3.05) is 6.54 Å². The highest BCUT2D eigenvalue weighted by atomic mass is 19.1. The van der Waals surface area contributed by atoms with Crippen LogP contribution in [0.1, 0.15) is 37.2 Å². The van der Waals surface area contributed by atoms with Gasteiger partial charge >= 0.3 is 0 Å². The van der Waals surface area contributed by atoms with Gasteiger partial charge in [0.2, 0.25) is 0 Å². The Bertz CT molecular complexity index is 673. The molecule has 1 aliphatic carbocycles. The van der Waals surface area contributed by atoms with Crippen molar-refractivity contribution in [2.24, 2.45) is 5.92 Å². The predicted molar refractivity (Wildman–Crippen MR) is 83.0 cm³/mol. The van der Waals surface area contributed by atoms with Gasteiger partial charge in [-0.3, -0.25) is 4.79 Å². The molecule has 0 bridgehead atoms. The summed E-state index contributed by atoms with van der Waals surface area (Å²) in [6, 6.07) is 10.0. The maximum absolute atomic E-state index is 13.8. The number of halogens is 1. The SMILES string of the molecule is CC(C)CN(C(=O)c1ccc(-c2ccccc2F)o1)C1CC1. The van der Waals surface area contributed by atoms with E-state index < -0.39 is 0 Å². The molecule has 2 aromatic rings. The monoisotopic (exact) mass is 301 g/mol. The second-order valence-electron chi connectivity index (χ2n) is 6.23. The molecule has 1 amide bonds. The van der Waals surface area contributed by atoms with Crippen LogP contribution in [0.4, 0.5) is 4.39 Å². The molecule has 22 heavy (non-hydrogen) atoms. The zero-order valence-corrected chi connectivity index (χ0v) is 12.9. The van der Waals surface area contributed by atoms with E-state index in [9.17, 15) is 9.18 Å². The smallest absolute Gasteiger partial charge is 0.289 e. The third-order valence-corrected chi connectivity index (χ3v) is 3.77. The van der Waals surface area contributed by atoms with Gasteiger partial charge in [-0.25, -0.2) is 4.39 Å². The Kier molecular flexibility index (Phi) is 4.01. The van der Waals surface area contributed by atoms with E-state index in [4.69, 9.17) is 4.42 Å². The van der Waals surface area contributed by atoms with Crippen LogP contribution >= 0.6 is 0 Å². The molecule has 3 nitrogen and oxygen atoms in total. The van der Waals surface area contributed by atoms with Gasteiger partial charge in [0.25, 0.3) is 5.91 Å². The number of hydrogen-bond donors (Lipinski definition) is 0. The van der Waals surface area contributed by atoms with Crippen LogP contribution in [0.3, 0.4) is 0 Å². The summed E-state index contributed by atoms with van der Waals surface area (Å²) in [4.78, 5) is 14.5. The first-order valence-corrected chi connectivity index (χ1v) is 7.72. The largest absolute Gasteiger partial charge is 0.451 e. The molecular weight excluding hydrogens is 281 g/mol. The van der Waals surface area contributed by atoms with Crippen molar-refractivity contribution in [1.29, 1.82) is 0 Å². The molecular formula is C18H20FNO2. The summed E-state index contributed by atoms with van der Waals surface area (Å²) in [5.74, 6) is 0.633. The van der Waals surface area contributed by atoms with Gasteiger partial charge in [-0.1, -0.05) is 26.0 Å². The highest BCUT2D eigenvalue weighted by Crippen LogP contribution is 2.31. The first kappa shape index (κ1) is 14.8. The van der Waals surface area contributed by atoms with Gasteiger partial charge in [-0.2, -0.15) is 0 Å². The van der Waals surface area contributed by atoms with Crippen LogP contribution in [0.2, 0.25) is 0 Å². The van der Waals surface area contributed by atoms with Gasteiger partial charge in [0.1, 0.15) is 11.6 Å². The minimum Gasteiger partial charge on any atom is -0.451 e. The molecule has 116 valence electrons. The van der Waals surface area contributed by atoms with Crippen LogP contribution in [-0.2, 0) is 0 Å². The van der Waals surface area contributed by atoms with E-state index in [1.165, 1.54) is 6.07 Å². The fourth-order valence-electron chi connectivity index (χ4n) is 2.58.